The summed E-state index contributed by atoms with van der Waals surface area (Å²) in [6.07, 6.45) is 1.89. The highest BCUT2D eigenvalue weighted by atomic mass is 16.5. The lowest BCUT2D eigenvalue weighted by atomic mass is 10.1. The van der Waals surface area contributed by atoms with E-state index in [0.29, 0.717) is 24.3 Å². The molecule has 3 N–H and O–H groups in total. The number of nitrogens with one attached hydrogen (secondary N) is 1. The van der Waals surface area contributed by atoms with Crippen molar-refractivity contribution < 1.29 is 29.3 Å². The molecule has 0 bridgehead atoms. The fraction of sp³-hybridized carbons (Fsp3) is 0.444. The maximum Gasteiger partial charge on any atom is 0.323 e. The van der Waals surface area contributed by atoms with E-state index in [0.717, 1.165) is 44.0 Å². The van der Waals surface area contributed by atoms with E-state index in [1.807, 2.05) is 18.2 Å². The normalized spacial score (nSPS) is 19.0. The molecule has 4 rings (SSSR count). The van der Waals surface area contributed by atoms with Gasteiger partial charge >= 0.3 is 11.9 Å². The molecule has 0 radical (unpaired) electrons. The van der Waals surface area contributed by atoms with Crippen LogP contribution in [-0.2, 0) is 14.4 Å². The molecule has 2 aliphatic rings. The summed E-state index contributed by atoms with van der Waals surface area (Å²) < 4.78 is 5.75. The Morgan fingerprint density at radius 2 is 1.68 bits per heavy atom. The quantitative estimate of drug-likeness (QED) is 0.389. The zero-order chi connectivity index (χ0) is 26.2. The third-order valence-electron chi connectivity index (χ3n) is 6.83. The van der Waals surface area contributed by atoms with Crippen LogP contribution in [0.25, 0.3) is 0 Å². The molecule has 37 heavy (non-hydrogen) atoms. The molecule has 0 spiro atoms. The molecule has 198 valence electrons. The average Bonchev–Trinajstić information content (AvgIpc) is 3.03. The summed E-state index contributed by atoms with van der Waals surface area (Å²) in [5, 5.41) is 22.0. The van der Waals surface area contributed by atoms with Gasteiger partial charge in [-0.15, -0.1) is 0 Å². The number of carbonyl (C=O) groups is 3. The summed E-state index contributed by atoms with van der Waals surface area (Å²) in [4.78, 5) is 42.5. The Bertz CT molecular complexity index is 1070. The van der Waals surface area contributed by atoms with E-state index >= 15 is 0 Å². The largest absolute Gasteiger partial charge is 0.489 e. The van der Waals surface area contributed by atoms with Crippen LogP contribution in [0.15, 0.2) is 54.6 Å². The molecule has 0 aromatic heterocycles. The second-order valence-corrected chi connectivity index (χ2v) is 9.37. The zero-order valence-electron chi connectivity index (χ0n) is 20.8. The van der Waals surface area contributed by atoms with Crippen LogP contribution in [0.4, 0.5) is 11.4 Å². The third kappa shape index (κ3) is 6.99. The molecular weight excluding hydrogens is 476 g/mol. The van der Waals surface area contributed by atoms with Crippen LogP contribution in [0.2, 0.25) is 0 Å². The lowest BCUT2D eigenvalue weighted by molar-refractivity contribution is -0.141. The van der Waals surface area contributed by atoms with Gasteiger partial charge in [0.25, 0.3) is 0 Å². The topological polar surface area (TPSA) is 123 Å². The van der Waals surface area contributed by atoms with E-state index < -0.39 is 36.5 Å². The van der Waals surface area contributed by atoms with Gasteiger partial charge in [-0.1, -0.05) is 36.8 Å². The van der Waals surface area contributed by atoms with Gasteiger partial charge in [0.05, 0.1) is 5.69 Å². The van der Waals surface area contributed by atoms with Gasteiger partial charge in [-0.05, 0) is 43.7 Å². The van der Waals surface area contributed by atoms with E-state index in [-0.39, 0.29) is 6.61 Å². The molecular formula is C27H34N4O6. The molecule has 2 aromatic rings. The van der Waals surface area contributed by atoms with Gasteiger partial charge in [-0.25, -0.2) is 0 Å². The number of benzene rings is 2. The number of anilines is 2. The SMILES string of the molecule is O=C(O)CN1C(=O)[C@@H](NC(CCCCN2CCN(c3ccccc3)CC2)C(=O)O)COc2ccccc21. The number of fused-ring (bicyclic) bond motifs is 1. The van der Waals surface area contributed by atoms with Crippen LogP contribution in [0.5, 0.6) is 5.75 Å². The van der Waals surface area contributed by atoms with Crippen molar-refractivity contribution in [2.75, 3.05) is 55.7 Å². The van der Waals surface area contributed by atoms with Gasteiger partial charge in [0.2, 0.25) is 5.91 Å². The van der Waals surface area contributed by atoms with Crippen LogP contribution in [0, 0.1) is 0 Å². The Hall–Kier alpha value is -3.63. The number of para-hydroxylation sites is 3. The van der Waals surface area contributed by atoms with Crippen LogP contribution >= 0.6 is 0 Å². The van der Waals surface area contributed by atoms with Crippen molar-refractivity contribution in [1.29, 1.82) is 0 Å². The Balaban J connectivity index is 1.27. The van der Waals surface area contributed by atoms with Crippen molar-refractivity contribution in [3.63, 3.8) is 0 Å². The smallest absolute Gasteiger partial charge is 0.323 e. The minimum absolute atomic E-state index is 0.0819. The molecule has 1 unspecified atom stereocenters. The standard InChI is InChI=1S/C27H34N4O6/c32-25(33)18-31-23-11-4-5-12-24(23)37-19-22(26(31)34)28-21(27(35)36)10-6-7-13-29-14-16-30(17-15-29)20-8-2-1-3-9-20/h1-5,8-9,11-12,21-22,28H,6-7,10,13-19H2,(H,32,33)(H,35,36)/t21?,22-/m0/s1. The Labute approximate surface area is 216 Å². The van der Waals surface area contributed by atoms with E-state index in [2.05, 4.69) is 27.2 Å². The van der Waals surface area contributed by atoms with Crippen LogP contribution < -0.4 is 19.9 Å². The van der Waals surface area contributed by atoms with E-state index in [9.17, 15) is 24.6 Å². The van der Waals surface area contributed by atoms with Gasteiger partial charge in [0.15, 0.2) is 0 Å². The van der Waals surface area contributed by atoms with Gasteiger partial charge < -0.3 is 19.8 Å². The molecule has 0 saturated carbocycles. The highest BCUT2D eigenvalue weighted by Gasteiger charge is 2.35. The van der Waals surface area contributed by atoms with Gasteiger partial charge in [0.1, 0.15) is 31.0 Å². The molecule has 1 saturated heterocycles. The molecule has 0 aliphatic carbocycles. The number of amides is 1. The first-order chi connectivity index (χ1) is 17.9. The van der Waals surface area contributed by atoms with Gasteiger partial charge in [0, 0.05) is 31.9 Å². The average molecular weight is 511 g/mol. The van der Waals surface area contributed by atoms with Crippen LogP contribution in [0.3, 0.4) is 0 Å². The summed E-state index contributed by atoms with van der Waals surface area (Å²) in [6.45, 7) is 4.12. The summed E-state index contributed by atoms with van der Waals surface area (Å²) in [5.74, 6) is -2.34. The summed E-state index contributed by atoms with van der Waals surface area (Å²) in [6, 6.07) is 15.1. The van der Waals surface area contributed by atoms with Crippen molar-refractivity contribution in [3.05, 3.63) is 54.6 Å². The third-order valence-corrected chi connectivity index (χ3v) is 6.83. The van der Waals surface area contributed by atoms with Gasteiger partial charge in [-0.3, -0.25) is 29.5 Å². The number of carboxylic acid groups (broad SMARTS) is 2. The summed E-state index contributed by atoms with van der Waals surface area (Å²) >= 11 is 0. The predicted octanol–water partition coefficient (Wildman–Crippen LogP) is 1.90. The number of piperazine rings is 1. The molecule has 10 nitrogen and oxygen atoms in total. The first-order valence-corrected chi connectivity index (χ1v) is 12.7. The van der Waals surface area contributed by atoms with Crippen molar-refractivity contribution in [2.24, 2.45) is 0 Å². The lowest BCUT2D eigenvalue weighted by Crippen LogP contribution is -2.54. The number of rotatable bonds is 11. The molecule has 2 aromatic carbocycles. The number of ether oxygens (including phenoxy) is 1. The van der Waals surface area contributed by atoms with E-state index in [4.69, 9.17) is 4.74 Å². The Morgan fingerprint density at radius 1 is 0.973 bits per heavy atom. The van der Waals surface area contributed by atoms with Crippen LogP contribution in [-0.4, -0.2) is 90.9 Å². The molecule has 10 heteroatoms. The van der Waals surface area contributed by atoms with E-state index in [1.165, 1.54) is 5.69 Å². The van der Waals surface area contributed by atoms with Crippen molar-refractivity contribution in [2.45, 2.75) is 31.3 Å². The molecule has 2 atom stereocenters. The number of aliphatic carboxylic acids is 2. The second-order valence-electron chi connectivity index (χ2n) is 9.37. The maximum absolute atomic E-state index is 13.2. The lowest BCUT2D eigenvalue weighted by Gasteiger charge is -2.36. The monoisotopic (exact) mass is 510 g/mol. The number of hydrogen-bond donors (Lipinski definition) is 3. The summed E-state index contributed by atoms with van der Waals surface area (Å²) in [5.41, 5.74) is 1.60. The van der Waals surface area contributed by atoms with Crippen LogP contribution in [0.1, 0.15) is 19.3 Å². The van der Waals surface area contributed by atoms with Crippen molar-refractivity contribution in [3.8, 4) is 5.75 Å². The van der Waals surface area contributed by atoms with Crippen molar-refractivity contribution >= 4 is 29.2 Å². The highest BCUT2D eigenvalue weighted by molar-refractivity contribution is 6.02. The Kier molecular flexibility index (Phi) is 8.97. The number of carbonyl (C=O) groups excluding carboxylic acids is 1. The minimum atomic E-state index is -1.16. The Morgan fingerprint density at radius 3 is 2.38 bits per heavy atom. The minimum Gasteiger partial charge on any atom is -0.489 e. The number of nitrogens with zero attached hydrogens (tertiary/aromatic N) is 3. The summed E-state index contributed by atoms with van der Waals surface area (Å²) in [7, 11) is 0. The molecule has 2 aliphatic heterocycles. The van der Waals surface area contributed by atoms with Crippen molar-refractivity contribution in [1.82, 2.24) is 10.2 Å². The van der Waals surface area contributed by atoms with E-state index in [1.54, 1.807) is 24.3 Å². The number of unbranched alkanes of at least 4 members (excludes halogenated alkanes) is 1. The zero-order valence-corrected chi connectivity index (χ0v) is 20.8. The fourth-order valence-corrected chi connectivity index (χ4v) is 4.84. The molecule has 1 fully saturated rings. The fourth-order valence-electron chi connectivity index (χ4n) is 4.84. The second kappa shape index (κ2) is 12.6. The maximum atomic E-state index is 13.2. The number of hydrogen-bond acceptors (Lipinski definition) is 7. The predicted molar refractivity (Wildman–Crippen MR) is 139 cm³/mol. The highest BCUT2D eigenvalue weighted by Crippen LogP contribution is 2.31. The first-order valence-electron chi connectivity index (χ1n) is 12.7. The van der Waals surface area contributed by atoms with Gasteiger partial charge in [-0.2, -0.15) is 0 Å². The first kappa shape index (κ1) is 26.4. The molecule has 2 heterocycles. The molecule has 1 amide bonds. The number of carboxylic acids is 2.